The number of aromatic nitrogens is 4. The number of benzene rings is 2. The highest BCUT2D eigenvalue weighted by Crippen LogP contribution is 2.28. The molecule has 0 fully saturated rings. The smallest absolute Gasteiger partial charge is 0.257 e. The molecule has 3 heterocycles. The molecule has 1 unspecified atom stereocenters. The first-order chi connectivity index (χ1) is 17.1. The van der Waals surface area contributed by atoms with Gasteiger partial charge < -0.3 is 11.1 Å². The van der Waals surface area contributed by atoms with E-state index < -0.39 is 0 Å². The third kappa shape index (κ3) is 4.72. The predicted octanol–water partition coefficient (Wildman–Crippen LogP) is 4.20. The minimum absolute atomic E-state index is 0.0639. The van der Waals surface area contributed by atoms with Gasteiger partial charge in [-0.1, -0.05) is 48.5 Å². The molecule has 0 spiro atoms. The molecule has 3 N–H and O–H groups in total. The maximum atomic E-state index is 13.4. The number of carbonyl (C=O) groups is 1. The number of aryl methyl sites for hydroxylation is 1. The number of carbonyl (C=O) groups excluding carboxylic acids is 1. The number of fused-ring (bicyclic) bond motifs is 2. The summed E-state index contributed by atoms with van der Waals surface area (Å²) in [6, 6.07) is 23.1. The quantitative estimate of drug-likeness (QED) is 0.352. The maximum Gasteiger partial charge on any atom is 0.257 e. The zero-order valence-corrected chi connectivity index (χ0v) is 19.3. The second kappa shape index (κ2) is 9.72. The molecule has 3 aromatic heterocycles. The molecule has 5 rings (SSSR count). The Bertz CT molecular complexity index is 1510. The molecule has 5 aromatic rings. The van der Waals surface area contributed by atoms with Crippen LogP contribution in [0.2, 0.25) is 0 Å². The standard InChI is InChI=1S/C27H25N7O/c1-18(14-15-19-9-3-2-4-10-19)31-27(35)23-24-26(33-22-13-6-5-12-21(22)32-24)34(25(23)28)30-17-20-11-7-8-16-29-20/h2-13,16-18H,14-15,28H2,1H3,(H,31,35)/b30-17+. The van der Waals surface area contributed by atoms with E-state index in [-0.39, 0.29) is 23.3 Å². The van der Waals surface area contributed by atoms with E-state index in [1.807, 2.05) is 67.6 Å². The van der Waals surface area contributed by atoms with Crippen LogP contribution < -0.4 is 11.1 Å². The van der Waals surface area contributed by atoms with Gasteiger partial charge in [0.1, 0.15) is 16.9 Å². The summed E-state index contributed by atoms with van der Waals surface area (Å²) in [5.74, 6) is -0.125. The average molecular weight is 464 g/mol. The lowest BCUT2D eigenvalue weighted by Gasteiger charge is -2.14. The first kappa shape index (κ1) is 22.2. The summed E-state index contributed by atoms with van der Waals surface area (Å²) in [6.07, 6.45) is 4.91. The van der Waals surface area contributed by atoms with Crippen LogP contribution in [0.25, 0.3) is 22.2 Å². The van der Waals surface area contributed by atoms with E-state index in [2.05, 4.69) is 27.5 Å². The van der Waals surface area contributed by atoms with Gasteiger partial charge in [0.05, 0.1) is 22.9 Å². The molecule has 0 aliphatic carbocycles. The zero-order chi connectivity index (χ0) is 24.2. The summed E-state index contributed by atoms with van der Waals surface area (Å²) in [5.41, 5.74) is 10.8. The molecule has 0 saturated carbocycles. The summed E-state index contributed by atoms with van der Waals surface area (Å²) >= 11 is 0. The monoisotopic (exact) mass is 463 g/mol. The van der Waals surface area contributed by atoms with Gasteiger partial charge >= 0.3 is 0 Å². The van der Waals surface area contributed by atoms with Crippen LogP contribution in [0.1, 0.15) is 35.0 Å². The van der Waals surface area contributed by atoms with Crippen molar-refractivity contribution in [1.29, 1.82) is 0 Å². The summed E-state index contributed by atoms with van der Waals surface area (Å²) in [7, 11) is 0. The molecule has 8 nitrogen and oxygen atoms in total. The molecule has 0 radical (unpaired) electrons. The van der Waals surface area contributed by atoms with Crippen molar-refractivity contribution < 1.29 is 4.79 Å². The van der Waals surface area contributed by atoms with E-state index in [1.165, 1.54) is 10.2 Å². The number of nitrogens with two attached hydrogens (primary N) is 1. The third-order valence-electron chi connectivity index (χ3n) is 5.78. The molecule has 1 amide bonds. The Balaban J connectivity index is 1.50. The molecule has 0 aliphatic heterocycles. The molecular weight excluding hydrogens is 438 g/mol. The fourth-order valence-electron chi connectivity index (χ4n) is 3.95. The number of nitrogens with zero attached hydrogens (tertiary/aromatic N) is 5. The van der Waals surface area contributed by atoms with E-state index in [1.54, 1.807) is 12.4 Å². The number of hydrogen-bond donors (Lipinski definition) is 2. The number of rotatable bonds is 7. The third-order valence-corrected chi connectivity index (χ3v) is 5.78. The highest BCUT2D eigenvalue weighted by molar-refractivity contribution is 6.10. The zero-order valence-electron chi connectivity index (χ0n) is 19.3. The van der Waals surface area contributed by atoms with Crippen LogP contribution in [0.15, 0.2) is 84.1 Å². The molecule has 8 heteroatoms. The lowest BCUT2D eigenvalue weighted by molar-refractivity contribution is 0.0940. The van der Waals surface area contributed by atoms with Gasteiger partial charge in [-0.15, -0.1) is 0 Å². The molecule has 0 bridgehead atoms. The lowest BCUT2D eigenvalue weighted by atomic mass is 10.1. The van der Waals surface area contributed by atoms with Gasteiger partial charge in [0.15, 0.2) is 5.65 Å². The molecule has 0 saturated heterocycles. The van der Waals surface area contributed by atoms with Gasteiger partial charge in [0.2, 0.25) is 0 Å². The molecular formula is C27H25N7O. The molecule has 1 atom stereocenters. The van der Waals surface area contributed by atoms with E-state index in [0.717, 1.165) is 12.8 Å². The van der Waals surface area contributed by atoms with Crippen molar-refractivity contribution in [2.24, 2.45) is 5.10 Å². The number of pyridine rings is 1. The highest BCUT2D eigenvalue weighted by Gasteiger charge is 2.25. The van der Waals surface area contributed by atoms with E-state index in [9.17, 15) is 4.79 Å². The topological polar surface area (TPSA) is 111 Å². The Hall–Kier alpha value is -4.59. The van der Waals surface area contributed by atoms with E-state index in [0.29, 0.717) is 27.9 Å². The number of hydrogen-bond acceptors (Lipinski definition) is 6. The lowest BCUT2D eigenvalue weighted by Crippen LogP contribution is -2.33. The SMILES string of the molecule is CC(CCc1ccccc1)NC(=O)c1c(N)n(/N=C/c2ccccn2)c2nc3ccccc3nc12. The number of nitrogens with one attached hydrogen (secondary N) is 1. The Morgan fingerprint density at radius 1 is 1.03 bits per heavy atom. The van der Waals surface area contributed by atoms with E-state index >= 15 is 0 Å². The van der Waals surface area contributed by atoms with E-state index in [4.69, 9.17) is 15.7 Å². The number of amides is 1. The summed E-state index contributed by atoms with van der Waals surface area (Å²) in [6.45, 7) is 1.98. The van der Waals surface area contributed by atoms with Crippen molar-refractivity contribution in [2.45, 2.75) is 25.8 Å². The van der Waals surface area contributed by atoms with Crippen LogP contribution in [-0.2, 0) is 6.42 Å². The van der Waals surface area contributed by atoms with Crippen molar-refractivity contribution in [3.63, 3.8) is 0 Å². The minimum Gasteiger partial charge on any atom is -0.383 e. The van der Waals surface area contributed by atoms with Crippen LogP contribution in [-0.4, -0.2) is 37.8 Å². The van der Waals surface area contributed by atoms with Gasteiger partial charge in [-0.05, 0) is 49.6 Å². The van der Waals surface area contributed by atoms with Crippen LogP contribution in [0, 0.1) is 0 Å². The largest absolute Gasteiger partial charge is 0.383 e. The Kier molecular flexibility index (Phi) is 6.17. The van der Waals surface area contributed by atoms with Gasteiger partial charge in [-0.25, -0.2) is 9.97 Å². The Morgan fingerprint density at radius 3 is 2.49 bits per heavy atom. The van der Waals surface area contributed by atoms with Crippen molar-refractivity contribution in [2.75, 3.05) is 5.73 Å². The number of para-hydroxylation sites is 2. The summed E-state index contributed by atoms with van der Waals surface area (Å²) in [4.78, 5) is 27.1. The Labute approximate surface area is 202 Å². The van der Waals surface area contributed by atoms with Crippen molar-refractivity contribution >= 4 is 40.1 Å². The predicted molar refractivity (Wildman–Crippen MR) is 138 cm³/mol. The maximum absolute atomic E-state index is 13.4. The fraction of sp³-hybridized carbons (Fsp3) is 0.148. The highest BCUT2D eigenvalue weighted by atomic mass is 16.1. The second-order valence-corrected chi connectivity index (χ2v) is 8.35. The van der Waals surface area contributed by atoms with Crippen molar-refractivity contribution in [3.05, 3.63) is 95.8 Å². The summed E-state index contributed by atoms with van der Waals surface area (Å²) < 4.78 is 1.45. The molecule has 2 aromatic carbocycles. The molecule has 35 heavy (non-hydrogen) atoms. The van der Waals surface area contributed by atoms with Gasteiger partial charge in [0.25, 0.3) is 5.91 Å². The fourth-order valence-corrected chi connectivity index (χ4v) is 3.95. The van der Waals surface area contributed by atoms with Gasteiger partial charge in [0, 0.05) is 12.2 Å². The van der Waals surface area contributed by atoms with Crippen LogP contribution in [0.5, 0.6) is 0 Å². The average Bonchev–Trinajstić information content (AvgIpc) is 3.16. The van der Waals surface area contributed by atoms with Crippen LogP contribution >= 0.6 is 0 Å². The first-order valence-electron chi connectivity index (χ1n) is 11.5. The van der Waals surface area contributed by atoms with Crippen LogP contribution in [0.3, 0.4) is 0 Å². The Morgan fingerprint density at radius 2 is 1.74 bits per heavy atom. The van der Waals surface area contributed by atoms with Gasteiger partial charge in [-0.3, -0.25) is 9.78 Å². The number of nitrogen functional groups attached to an aromatic ring is 1. The van der Waals surface area contributed by atoms with Crippen LogP contribution in [0.4, 0.5) is 5.82 Å². The minimum atomic E-state index is -0.301. The first-order valence-corrected chi connectivity index (χ1v) is 11.5. The summed E-state index contributed by atoms with van der Waals surface area (Å²) in [5, 5.41) is 7.56. The number of anilines is 1. The van der Waals surface area contributed by atoms with Gasteiger partial charge in [-0.2, -0.15) is 9.78 Å². The molecule has 0 aliphatic rings. The normalized spacial score (nSPS) is 12.4. The van der Waals surface area contributed by atoms with Crippen molar-refractivity contribution in [1.82, 2.24) is 24.9 Å². The molecule has 174 valence electrons. The van der Waals surface area contributed by atoms with Crippen molar-refractivity contribution in [3.8, 4) is 0 Å². The second-order valence-electron chi connectivity index (χ2n) is 8.35.